The van der Waals surface area contributed by atoms with Crippen LogP contribution in [0.5, 0.6) is 0 Å². The van der Waals surface area contributed by atoms with Crippen LogP contribution in [0, 0.1) is 5.92 Å². The van der Waals surface area contributed by atoms with Crippen LogP contribution in [0.2, 0.25) is 18.1 Å². The van der Waals surface area contributed by atoms with Crippen molar-refractivity contribution in [2.75, 3.05) is 13.7 Å². The Kier molecular flexibility index (Phi) is 7.45. The van der Waals surface area contributed by atoms with Gasteiger partial charge in [-0.15, -0.1) is 0 Å². The Morgan fingerprint density at radius 2 is 1.79 bits per heavy atom. The van der Waals surface area contributed by atoms with E-state index in [4.69, 9.17) is 9.16 Å². The van der Waals surface area contributed by atoms with Gasteiger partial charge in [0.05, 0.1) is 13.0 Å². The molecule has 1 aromatic rings. The fraction of sp³-hybridized carbons (Fsp3) is 0.636. The standard InChI is InChI=1S/C22H35NO4Si/c1-22(2,3)28(5,6)27-15-14-18-19(12-13-20(24)26-4)23(21(18)25)16-17-10-8-7-9-11-17/h7-11,18-19H,12-16H2,1-6H3. The number of ether oxygens (including phenoxy) is 1. The van der Waals surface area contributed by atoms with Crippen LogP contribution in [0.1, 0.15) is 45.6 Å². The Labute approximate surface area is 170 Å². The lowest BCUT2D eigenvalue weighted by atomic mass is 9.81. The summed E-state index contributed by atoms with van der Waals surface area (Å²) in [5.74, 6) is -0.133. The van der Waals surface area contributed by atoms with Crippen LogP contribution in [-0.4, -0.2) is 44.9 Å². The van der Waals surface area contributed by atoms with Crippen molar-refractivity contribution in [1.29, 1.82) is 0 Å². The molecule has 1 aromatic carbocycles. The van der Waals surface area contributed by atoms with Gasteiger partial charge >= 0.3 is 5.97 Å². The second-order valence-corrected chi connectivity index (χ2v) is 13.9. The van der Waals surface area contributed by atoms with Gasteiger partial charge < -0.3 is 14.1 Å². The van der Waals surface area contributed by atoms with Gasteiger partial charge in [0, 0.05) is 25.6 Å². The zero-order chi connectivity index (χ0) is 20.9. The van der Waals surface area contributed by atoms with Crippen molar-refractivity contribution in [3.8, 4) is 0 Å². The summed E-state index contributed by atoms with van der Waals surface area (Å²) in [6, 6.07) is 10.0. The van der Waals surface area contributed by atoms with Gasteiger partial charge in [0.1, 0.15) is 0 Å². The summed E-state index contributed by atoms with van der Waals surface area (Å²) in [6.07, 6.45) is 1.68. The molecule has 2 unspecified atom stereocenters. The van der Waals surface area contributed by atoms with Gasteiger partial charge in [0.15, 0.2) is 8.32 Å². The van der Waals surface area contributed by atoms with Gasteiger partial charge in [0.2, 0.25) is 5.91 Å². The topological polar surface area (TPSA) is 55.8 Å². The molecule has 2 atom stereocenters. The van der Waals surface area contributed by atoms with Crippen molar-refractivity contribution >= 4 is 20.2 Å². The molecule has 0 N–H and O–H groups in total. The lowest BCUT2D eigenvalue weighted by molar-refractivity contribution is -0.160. The van der Waals surface area contributed by atoms with E-state index in [0.29, 0.717) is 32.4 Å². The number of β-lactam (4-membered cyclic amide) rings is 1. The van der Waals surface area contributed by atoms with E-state index in [2.05, 4.69) is 33.9 Å². The highest BCUT2D eigenvalue weighted by Crippen LogP contribution is 2.38. The molecule has 1 amide bonds. The molecule has 0 bridgehead atoms. The van der Waals surface area contributed by atoms with Crippen LogP contribution in [0.3, 0.4) is 0 Å². The molecular formula is C22H35NO4Si. The number of esters is 1. The molecule has 1 fully saturated rings. The summed E-state index contributed by atoms with van der Waals surface area (Å²) in [7, 11) is -0.420. The average molecular weight is 406 g/mol. The molecule has 28 heavy (non-hydrogen) atoms. The van der Waals surface area contributed by atoms with Crippen LogP contribution < -0.4 is 0 Å². The molecule has 0 aromatic heterocycles. The lowest BCUT2D eigenvalue weighted by Crippen LogP contribution is -2.60. The molecule has 0 saturated carbocycles. The van der Waals surface area contributed by atoms with E-state index in [1.165, 1.54) is 7.11 Å². The van der Waals surface area contributed by atoms with Crippen LogP contribution in [0.4, 0.5) is 0 Å². The van der Waals surface area contributed by atoms with Gasteiger partial charge in [-0.1, -0.05) is 51.1 Å². The van der Waals surface area contributed by atoms with E-state index < -0.39 is 8.32 Å². The maximum absolute atomic E-state index is 12.8. The van der Waals surface area contributed by atoms with Crippen LogP contribution in [0.25, 0.3) is 0 Å². The molecule has 1 aliphatic heterocycles. The Balaban J connectivity index is 1.99. The number of hydrogen-bond acceptors (Lipinski definition) is 4. The normalized spacial score (nSPS) is 20.1. The smallest absolute Gasteiger partial charge is 0.305 e. The van der Waals surface area contributed by atoms with Gasteiger partial charge in [-0.3, -0.25) is 9.59 Å². The second-order valence-electron chi connectivity index (χ2n) is 9.14. The summed E-state index contributed by atoms with van der Waals surface area (Å²) in [6.45, 7) is 12.3. The molecule has 1 heterocycles. The van der Waals surface area contributed by atoms with Crippen molar-refractivity contribution in [3.63, 3.8) is 0 Å². The monoisotopic (exact) mass is 405 g/mol. The predicted molar refractivity (Wildman–Crippen MR) is 113 cm³/mol. The summed E-state index contributed by atoms with van der Waals surface area (Å²) >= 11 is 0. The summed E-state index contributed by atoms with van der Waals surface area (Å²) in [5, 5.41) is 0.153. The van der Waals surface area contributed by atoms with Gasteiger partial charge in [-0.25, -0.2) is 0 Å². The number of hydrogen-bond donors (Lipinski definition) is 0. The molecule has 6 heteroatoms. The molecule has 5 nitrogen and oxygen atoms in total. The number of amides is 1. The van der Waals surface area contributed by atoms with E-state index in [1.807, 2.05) is 35.2 Å². The van der Waals surface area contributed by atoms with E-state index in [-0.39, 0.29) is 28.9 Å². The third-order valence-corrected chi connectivity index (χ3v) is 10.8. The number of carbonyl (C=O) groups is 2. The van der Waals surface area contributed by atoms with E-state index in [9.17, 15) is 9.59 Å². The van der Waals surface area contributed by atoms with Crippen LogP contribution in [0.15, 0.2) is 30.3 Å². The minimum atomic E-state index is -1.82. The highest BCUT2D eigenvalue weighted by molar-refractivity contribution is 6.74. The van der Waals surface area contributed by atoms with E-state index in [1.54, 1.807) is 0 Å². The summed E-state index contributed by atoms with van der Waals surface area (Å²) in [4.78, 5) is 26.3. The molecule has 0 spiro atoms. The van der Waals surface area contributed by atoms with Gasteiger partial charge in [-0.2, -0.15) is 0 Å². The minimum Gasteiger partial charge on any atom is -0.469 e. The summed E-state index contributed by atoms with van der Waals surface area (Å²) < 4.78 is 11.1. The Hall–Kier alpha value is -1.66. The maximum Gasteiger partial charge on any atom is 0.305 e. The fourth-order valence-corrected chi connectivity index (χ4v) is 4.41. The number of carbonyl (C=O) groups excluding carboxylic acids is 2. The van der Waals surface area contributed by atoms with E-state index >= 15 is 0 Å². The minimum absolute atomic E-state index is 0.0646. The first-order valence-electron chi connectivity index (χ1n) is 10.1. The van der Waals surface area contributed by atoms with Crippen molar-refractivity contribution in [3.05, 3.63) is 35.9 Å². The maximum atomic E-state index is 12.8. The first-order valence-corrected chi connectivity index (χ1v) is 13.0. The molecule has 0 radical (unpaired) electrons. The largest absolute Gasteiger partial charge is 0.469 e. The number of benzene rings is 1. The molecular weight excluding hydrogens is 370 g/mol. The lowest BCUT2D eigenvalue weighted by Gasteiger charge is -2.48. The molecule has 156 valence electrons. The average Bonchev–Trinajstić information content (AvgIpc) is 2.64. The third kappa shape index (κ3) is 5.45. The van der Waals surface area contributed by atoms with Crippen LogP contribution >= 0.6 is 0 Å². The van der Waals surface area contributed by atoms with Gasteiger partial charge in [0.25, 0.3) is 0 Å². The number of nitrogens with zero attached hydrogens (tertiary/aromatic N) is 1. The third-order valence-electron chi connectivity index (χ3n) is 6.23. The van der Waals surface area contributed by atoms with Crippen molar-refractivity contribution in [1.82, 2.24) is 4.90 Å². The predicted octanol–water partition coefficient (Wildman–Crippen LogP) is 4.38. The molecule has 2 rings (SSSR count). The fourth-order valence-electron chi connectivity index (χ4n) is 3.35. The highest BCUT2D eigenvalue weighted by Gasteiger charge is 2.46. The first-order chi connectivity index (χ1) is 13.1. The Morgan fingerprint density at radius 3 is 2.36 bits per heavy atom. The van der Waals surface area contributed by atoms with Crippen molar-refractivity contribution in [2.24, 2.45) is 5.92 Å². The molecule has 0 aliphatic carbocycles. The van der Waals surface area contributed by atoms with E-state index in [0.717, 1.165) is 5.56 Å². The quantitative estimate of drug-likeness (QED) is 0.348. The van der Waals surface area contributed by atoms with Gasteiger partial charge in [-0.05, 0) is 36.5 Å². The Bertz CT molecular complexity index is 669. The van der Waals surface area contributed by atoms with Crippen molar-refractivity contribution in [2.45, 2.75) is 70.8 Å². The van der Waals surface area contributed by atoms with Crippen molar-refractivity contribution < 1.29 is 18.8 Å². The highest BCUT2D eigenvalue weighted by atomic mass is 28.4. The zero-order valence-corrected chi connectivity index (χ0v) is 19.2. The number of methoxy groups -OCH3 is 1. The zero-order valence-electron chi connectivity index (χ0n) is 18.2. The van der Waals surface area contributed by atoms with Crippen LogP contribution in [-0.2, 0) is 25.3 Å². The number of rotatable bonds is 9. The first kappa shape index (κ1) is 22.6. The second kappa shape index (κ2) is 9.22. The number of likely N-dealkylation sites (tertiary alicyclic amines) is 1. The molecule has 1 aliphatic rings. The molecule has 1 saturated heterocycles. The Morgan fingerprint density at radius 1 is 1.14 bits per heavy atom. The summed E-state index contributed by atoms with van der Waals surface area (Å²) in [5.41, 5.74) is 1.11. The SMILES string of the molecule is COC(=O)CCC1C(CCO[Si](C)(C)C(C)(C)C)C(=O)N1Cc1ccccc1.